The lowest BCUT2D eigenvalue weighted by Gasteiger charge is -2.19. The Hall–Kier alpha value is -1.96. The average molecular weight is 374 g/mol. The highest BCUT2D eigenvalue weighted by atomic mass is 16.5. The smallest absolute Gasteiger partial charge is 0.272 e. The number of nitrogens with one attached hydrogen (secondary N) is 2. The van der Waals surface area contributed by atoms with E-state index in [0.29, 0.717) is 25.5 Å². The number of aliphatic hydroxyl groups is 1. The molecule has 1 fully saturated rings. The fourth-order valence-corrected chi connectivity index (χ4v) is 3.41. The molecule has 3 N–H and O–H groups in total. The summed E-state index contributed by atoms with van der Waals surface area (Å²) in [6.45, 7) is 9.06. The molecule has 1 aromatic heterocycles. The van der Waals surface area contributed by atoms with Gasteiger partial charge in [0.15, 0.2) is 5.69 Å². The van der Waals surface area contributed by atoms with E-state index in [1.54, 1.807) is 13.8 Å². The maximum atomic E-state index is 12.8. The maximum absolute atomic E-state index is 12.8. The molecule has 0 radical (unpaired) electrons. The van der Waals surface area contributed by atoms with Gasteiger partial charge in [-0.05, 0) is 40.2 Å². The Balaban J connectivity index is 1.61. The zero-order chi connectivity index (χ0) is 19.6. The number of carbonyl (C=O) groups is 1. The Morgan fingerprint density at radius 1 is 1.44 bits per heavy atom. The van der Waals surface area contributed by atoms with E-state index in [1.165, 1.54) is 0 Å². The molecule has 2 atom stereocenters. The number of hydrogen-bond acceptors (Lipinski definition) is 5. The van der Waals surface area contributed by atoms with Gasteiger partial charge in [-0.1, -0.05) is 18.2 Å². The number of para-hydroxylation sites is 1. The molecule has 1 saturated heterocycles. The molecule has 1 aliphatic rings. The van der Waals surface area contributed by atoms with Crippen LogP contribution in [0.4, 0.5) is 0 Å². The molecule has 27 heavy (non-hydrogen) atoms. The Morgan fingerprint density at radius 3 is 2.89 bits per heavy atom. The molecule has 7 heteroatoms. The molecule has 0 aliphatic carbocycles. The molecular formula is C20H30N4O3. The van der Waals surface area contributed by atoms with Crippen molar-refractivity contribution in [2.45, 2.75) is 57.8 Å². The van der Waals surface area contributed by atoms with Crippen molar-refractivity contribution in [1.82, 2.24) is 20.4 Å². The van der Waals surface area contributed by atoms with Gasteiger partial charge in [0.1, 0.15) is 0 Å². The molecule has 148 valence electrons. The van der Waals surface area contributed by atoms with Crippen molar-refractivity contribution < 1.29 is 14.6 Å². The van der Waals surface area contributed by atoms with E-state index >= 15 is 0 Å². The maximum Gasteiger partial charge on any atom is 0.272 e. The van der Waals surface area contributed by atoms with Crippen molar-refractivity contribution in [3.05, 3.63) is 30.0 Å². The number of aromatic nitrogens is 2. The van der Waals surface area contributed by atoms with Crippen LogP contribution >= 0.6 is 0 Å². The zero-order valence-electron chi connectivity index (χ0n) is 16.5. The third kappa shape index (κ3) is 4.86. The van der Waals surface area contributed by atoms with E-state index in [4.69, 9.17) is 4.74 Å². The van der Waals surface area contributed by atoms with Crippen LogP contribution in [0.25, 0.3) is 10.9 Å². The first-order chi connectivity index (χ1) is 12.7. The highest BCUT2D eigenvalue weighted by Gasteiger charge is 2.28. The topological polar surface area (TPSA) is 88.4 Å². The summed E-state index contributed by atoms with van der Waals surface area (Å²) >= 11 is 0. The van der Waals surface area contributed by atoms with Gasteiger partial charge in [-0.3, -0.25) is 9.48 Å². The van der Waals surface area contributed by atoms with Crippen LogP contribution in [0.2, 0.25) is 0 Å². The van der Waals surface area contributed by atoms with E-state index in [0.717, 1.165) is 17.3 Å². The van der Waals surface area contributed by atoms with Crippen LogP contribution in [-0.2, 0) is 4.74 Å². The van der Waals surface area contributed by atoms with E-state index in [2.05, 4.69) is 29.6 Å². The predicted molar refractivity (Wildman–Crippen MR) is 105 cm³/mol. The summed E-state index contributed by atoms with van der Waals surface area (Å²) in [6.07, 6.45) is 0.792. The summed E-state index contributed by atoms with van der Waals surface area (Å²) in [5.74, 6) is -0.143. The molecule has 0 unspecified atom stereocenters. The van der Waals surface area contributed by atoms with Gasteiger partial charge in [0.25, 0.3) is 5.91 Å². The van der Waals surface area contributed by atoms with Crippen LogP contribution in [0.1, 0.15) is 50.6 Å². The quantitative estimate of drug-likeness (QED) is 0.689. The lowest BCUT2D eigenvalue weighted by atomic mass is 10.1. The minimum atomic E-state index is -0.831. The fraction of sp³-hybridized carbons (Fsp3) is 0.600. The minimum absolute atomic E-state index is 0.0381. The molecule has 1 aliphatic heterocycles. The number of carbonyl (C=O) groups excluding carboxylic acids is 1. The third-order valence-electron chi connectivity index (χ3n) is 4.65. The van der Waals surface area contributed by atoms with Gasteiger partial charge in [0.2, 0.25) is 0 Å². The SMILES string of the molecule is CC(C)n1nc(C(=O)N[C@@H]2CN[C@H](COCC(C)(C)O)C2)c2ccccc21. The van der Waals surface area contributed by atoms with E-state index in [-0.39, 0.29) is 24.0 Å². The molecule has 1 amide bonds. The lowest BCUT2D eigenvalue weighted by molar-refractivity contribution is -0.0252. The molecule has 0 spiro atoms. The molecular weight excluding hydrogens is 344 g/mol. The predicted octanol–water partition coefficient (Wildman–Crippen LogP) is 1.86. The second-order valence-electron chi connectivity index (χ2n) is 8.24. The van der Waals surface area contributed by atoms with Crippen LogP contribution < -0.4 is 10.6 Å². The summed E-state index contributed by atoms with van der Waals surface area (Å²) in [4.78, 5) is 12.8. The van der Waals surface area contributed by atoms with Gasteiger partial charge >= 0.3 is 0 Å². The third-order valence-corrected chi connectivity index (χ3v) is 4.65. The largest absolute Gasteiger partial charge is 0.388 e. The molecule has 2 aromatic rings. The van der Waals surface area contributed by atoms with Gasteiger partial charge in [0, 0.05) is 30.1 Å². The second kappa shape index (κ2) is 7.96. The summed E-state index contributed by atoms with van der Waals surface area (Å²) in [5, 5.41) is 21.6. The van der Waals surface area contributed by atoms with Crippen LogP contribution in [0.3, 0.4) is 0 Å². The fourth-order valence-electron chi connectivity index (χ4n) is 3.41. The number of amides is 1. The normalized spacial score (nSPS) is 20.5. The lowest BCUT2D eigenvalue weighted by Crippen LogP contribution is -2.36. The van der Waals surface area contributed by atoms with E-state index < -0.39 is 5.60 Å². The summed E-state index contributed by atoms with van der Waals surface area (Å²) in [5.41, 5.74) is 0.615. The standard InChI is InChI=1S/C20H30N4O3/c1-13(2)24-17-8-6-5-7-16(17)18(23-24)19(25)22-14-9-15(21-10-14)11-27-12-20(3,4)26/h5-8,13-15,21,26H,9-12H2,1-4H3,(H,22,25)/t14-,15-/m0/s1. The Labute approximate surface area is 160 Å². The first-order valence-corrected chi connectivity index (χ1v) is 9.56. The minimum Gasteiger partial charge on any atom is -0.388 e. The van der Waals surface area contributed by atoms with Gasteiger partial charge in [-0.25, -0.2) is 0 Å². The van der Waals surface area contributed by atoms with Crippen molar-refractivity contribution in [1.29, 1.82) is 0 Å². The van der Waals surface area contributed by atoms with Crippen LogP contribution in [0, 0.1) is 0 Å². The zero-order valence-corrected chi connectivity index (χ0v) is 16.5. The van der Waals surface area contributed by atoms with Gasteiger partial charge in [-0.15, -0.1) is 0 Å². The number of ether oxygens (including phenoxy) is 1. The first-order valence-electron chi connectivity index (χ1n) is 9.56. The van der Waals surface area contributed by atoms with E-state index in [1.807, 2.05) is 28.9 Å². The molecule has 0 bridgehead atoms. The Morgan fingerprint density at radius 2 is 2.19 bits per heavy atom. The van der Waals surface area contributed by atoms with Gasteiger partial charge in [0.05, 0.1) is 24.3 Å². The molecule has 3 rings (SSSR count). The summed E-state index contributed by atoms with van der Waals surface area (Å²) in [6, 6.07) is 8.21. The second-order valence-corrected chi connectivity index (χ2v) is 8.24. The van der Waals surface area contributed by atoms with E-state index in [9.17, 15) is 9.90 Å². The Bertz CT molecular complexity index is 794. The number of hydrogen-bond donors (Lipinski definition) is 3. The summed E-state index contributed by atoms with van der Waals surface area (Å²) < 4.78 is 7.46. The number of rotatable bonds is 7. The highest BCUT2D eigenvalue weighted by Crippen LogP contribution is 2.22. The number of benzene rings is 1. The van der Waals surface area contributed by atoms with Crippen LogP contribution in [0.5, 0.6) is 0 Å². The number of nitrogens with zero attached hydrogens (tertiary/aromatic N) is 2. The molecule has 1 aromatic carbocycles. The highest BCUT2D eigenvalue weighted by molar-refractivity contribution is 6.05. The molecule has 7 nitrogen and oxygen atoms in total. The molecule has 2 heterocycles. The Kier molecular flexibility index (Phi) is 5.83. The average Bonchev–Trinajstić information content (AvgIpc) is 3.18. The van der Waals surface area contributed by atoms with Gasteiger partial charge in [-0.2, -0.15) is 5.10 Å². The van der Waals surface area contributed by atoms with Crippen LogP contribution in [0.15, 0.2) is 24.3 Å². The van der Waals surface area contributed by atoms with Crippen molar-refractivity contribution in [2.75, 3.05) is 19.8 Å². The van der Waals surface area contributed by atoms with Crippen molar-refractivity contribution in [2.24, 2.45) is 0 Å². The first kappa shape index (κ1) is 19.8. The van der Waals surface area contributed by atoms with Crippen molar-refractivity contribution in [3.63, 3.8) is 0 Å². The van der Waals surface area contributed by atoms with Gasteiger partial charge < -0.3 is 20.5 Å². The van der Waals surface area contributed by atoms with Crippen molar-refractivity contribution >= 4 is 16.8 Å². The molecule has 0 saturated carbocycles. The van der Waals surface area contributed by atoms with Crippen LogP contribution in [-0.4, -0.2) is 58.2 Å². The monoisotopic (exact) mass is 374 g/mol. The summed E-state index contributed by atoms with van der Waals surface area (Å²) in [7, 11) is 0. The number of fused-ring (bicyclic) bond motifs is 1. The van der Waals surface area contributed by atoms with Crippen molar-refractivity contribution in [3.8, 4) is 0 Å².